The van der Waals surface area contributed by atoms with E-state index < -0.39 is 0 Å². The van der Waals surface area contributed by atoms with E-state index in [-0.39, 0.29) is 0 Å². The highest BCUT2D eigenvalue weighted by Gasteiger charge is 2.21. The van der Waals surface area contributed by atoms with Gasteiger partial charge in [-0.1, -0.05) is 23.7 Å². The van der Waals surface area contributed by atoms with E-state index in [2.05, 4.69) is 28.6 Å². The lowest BCUT2D eigenvalue weighted by Gasteiger charge is -2.34. The molecule has 0 bridgehead atoms. The Hall–Kier alpha value is -0.490. The first-order valence-corrected chi connectivity index (χ1v) is 9.97. The van der Waals surface area contributed by atoms with Crippen LogP contribution < -0.4 is 10.2 Å². The van der Waals surface area contributed by atoms with Gasteiger partial charge in [-0.15, -0.1) is 0 Å². The van der Waals surface area contributed by atoms with Crippen molar-refractivity contribution in [1.82, 2.24) is 10.2 Å². The molecule has 0 aromatic heterocycles. The molecule has 1 fully saturated rings. The fraction of sp³-hybridized carbons (Fsp3) is 0.562. The molecule has 1 heterocycles. The van der Waals surface area contributed by atoms with Gasteiger partial charge < -0.3 is 15.1 Å². The van der Waals surface area contributed by atoms with Gasteiger partial charge in [0, 0.05) is 17.1 Å². The number of hydrogen-bond acceptors (Lipinski definition) is 2. The zero-order chi connectivity index (χ0) is 15.8. The second kappa shape index (κ2) is 9.60. The SMILES string of the molecule is CSCCCNC(=S)N1CC[NH+](Cc2ccc(Cl)cc2)CC1. The summed E-state index contributed by atoms with van der Waals surface area (Å²) in [6.45, 7) is 6.40. The van der Waals surface area contributed by atoms with Gasteiger partial charge in [-0.3, -0.25) is 0 Å². The minimum Gasteiger partial charge on any atom is -0.363 e. The fourth-order valence-electron chi connectivity index (χ4n) is 2.62. The average molecular weight is 359 g/mol. The molecule has 6 heteroatoms. The van der Waals surface area contributed by atoms with E-state index >= 15 is 0 Å². The van der Waals surface area contributed by atoms with Gasteiger partial charge in [-0.2, -0.15) is 11.8 Å². The first-order chi connectivity index (χ1) is 10.7. The van der Waals surface area contributed by atoms with Gasteiger partial charge in [0.05, 0.1) is 26.2 Å². The van der Waals surface area contributed by atoms with Crippen molar-refractivity contribution in [1.29, 1.82) is 0 Å². The molecule has 1 aliphatic heterocycles. The number of rotatable bonds is 6. The van der Waals surface area contributed by atoms with Crippen molar-refractivity contribution in [2.75, 3.05) is 44.7 Å². The lowest BCUT2D eigenvalue weighted by Crippen LogP contribution is -3.13. The molecular weight excluding hydrogens is 334 g/mol. The largest absolute Gasteiger partial charge is 0.363 e. The van der Waals surface area contributed by atoms with Gasteiger partial charge in [0.25, 0.3) is 0 Å². The van der Waals surface area contributed by atoms with Gasteiger partial charge in [0.2, 0.25) is 0 Å². The third-order valence-electron chi connectivity index (χ3n) is 3.93. The van der Waals surface area contributed by atoms with Crippen LogP contribution in [-0.4, -0.2) is 54.7 Å². The molecule has 1 aromatic rings. The van der Waals surface area contributed by atoms with Crippen LogP contribution in [0.25, 0.3) is 0 Å². The summed E-state index contributed by atoms with van der Waals surface area (Å²) in [5.41, 5.74) is 1.35. The number of quaternary nitrogens is 1. The first-order valence-electron chi connectivity index (χ1n) is 7.79. The van der Waals surface area contributed by atoms with Crippen molar-refractivity contribution in [3.63, 3.8) is 0 Å². The second-order valence-corrected chi connectivity index (χ2v) is 7.43. The molecule has 1 aromatic carbocycles. The molecule has 1 saturated heterocycles. The highest BCUT2D eigenvalue weighted by Crippen LogP contribution is 2.08. The highest BCUT2D eigenvalue weighted by atomic mass is 35.5. The maximum absolute atomic E-state index is 5.93. The predicted octanol–water partition coefficient (Wildman–Crippen LogP) is 1.67. The summed E-state index contributed by atoms with van der Waals surface area (Å²) in [5, 5.41) is 5.11. The third kappa shape index (κ3) is 5.95. The average Bonchev–Trinajstić information content (AvgIpc) is 2.54. The molecule has 0 atom stereocenters. The Balaban J connectivity index is 1.68. The third-order valence-corrected chi connectivity index (χ3v) is 5.28. The summed E-state index contributed by atoms with van der Waals surface area (Å²) < 4.78 is 0. The van der Waals surface area contributed by atoms with Gasteiger partial charge in [0.1, 0.15) is 6.54 Å². The molecular formula is C16H25ClN3S2+. The minimum atomic E-state index is 0.807. The van der Waals surface area contributed by atoms with Crippen molar-refractivity contribution < 1.29 is 4.90 Å². The van der Waals surface area contributed by atoms with Gasteiger partial charge in [-0.05, 0) is 42.8 Å². The number of hydrogen-bond donors (Lipinski definition) is 2. The summed E-state index contributed by atoms with van der Waals surface area (Å²) >= 11 is 13.3. The Bertz CT molecular complexity index is 459. The molecule has 2 N–H and O–H groups in total. The van der Waals surface area contributed by atoms with Crippen LogP contribution in [0.1, 0.15) is 12.0 Å². The smallest absolute Gasteiger partial charge is 0.169 e. The number of halogens is 1. The minimum absolute atomic E-state index is 0.807. The molecule has 122 valence electrons. The van der Waals surface area contributed by atoms with E-state index in [0.29, 0.717) is 0 Å². The molecule has 3 nitrogen and oxygen atoms in total. The van der Waals surface area contributed by atoms with E-state index in [1.807, 2.05) is 23.9 Å². The summed E-state index contributed by atoms with van der Waals surface area (Å²) in [6, 6.07) is 8.19. The van der Waals surface area contributed by atoms with Crippen LogP contribution in [0.5, 0.6) is 0 Å². The Morgan fingerprint density at radius 1 is 1.32 bits per heavy atom. The Morgan fingerprint density at radius 2 is 2.00 bits per heavy atom. The standard InChI is InChI=1S/C16H24ClN3S2/c1-22-12-2-7-18-16(21)20-10-8-19(9-11-20)13-14-3-5-15(17)6-4-14/h3-6H,2,7-13H2,1H3,(H,18,21)/p+1. The van der Waals surface area contributed by atoms with Crippen molar-refractivity contribution in [2.45, 2.75) is 13.0 Å². The van der Waals surface area contributed by atoms with Crippen LogP contribution >= 0.6 is 35.6 Å². The number of nitrogens with one attached hydrogen (secondary N) is 2. The van der Waals surface area contributed by atoms with E-state index in [4.69, 9.17) is 23.8 Å². The van der Waals surface area contributed by atoms with Crippen LogP contribution in [0.4, 0.5) is 0 Å². The lowest BCUT2D eigenvalue weighted by atomic mass is 10.2. The normalized spacial score (nSPS) is 15.8. The fourth-order valence-corrected chi connectivity index (χ4v) is 3.46. The number of nitrogens with zero attached hydrogens (tertiary/aromatic N) is 1. The van der Waals surface area contributed by atoms with Gasteiger partial charge >= 0.3 is 0 Å². The lowest BCUT2D eigenvalue weighted by molar-refractivity contribution is -0.917. The van der Waals surface area contributed by atoms with Crippen molar-refractivity contribution in [3.05, 3.63) is 34.9 Å². The maximum atomic E-state index is 5.93. The summed E-state index contributed by atoms with van der Waals surface area (Å²) in [6.07, 6.45) is 3.31. The highest BCUT2D eigenvalue weighted by molar-refractivity contribution is 7.98. The molecule has 1 aliphatic rings. The van der Waals surface area contributed by atoms with Crippen molar-refractivity contribution in [2.24, 2.45) is 0 Å². The summed E-state index contributed by atoms with van der Waals surface area (Å²) in [7, 11) is 0. The zero-order valence-electron chi connectivity index (χ0n) is 13.1. The molecule has 0 aliphatic carbocycles. The van der Waals surface area contributed by atoms with E-state index in [0.717, 1.165) is 49.4 Å². The molecule has 22 heavy (non-hydrogen) atoms. The first kappa shape index (κ1) is 17.9. The number of thioether (sulfide) groups is 1. The van der Waals surface area contributed by atoms with Crippen LogP contribution in [0.2, 0.25) is 5.02 Å². The molecule has 2 rings (SSSR count). The molecule has 0 radical (unpaired) electrons. The predicted molar refractivity (Wildman–Crippen MR) is 101 cm³/mol. The second-order valence-electron chi connectivity index (χ2n) is 5.62. The van der Waals surface area contributed by atoms with Crippen molar-refractivity contribution >= 4 is 40.7 Å². The number of thiocarbonyl (C=S) groups is 1. The van der Waals surface area contributed by atoms with E-state index in [1.165, 1.54) is 17.7 Å². The monoisotopic (exact) mass is 358 g/mol. The topological polar surface area (TPSA) is 19.7 Å². The molecule has 0 amide bonds. The van der Waals surface area contributed by atoms with E-state index in [1.54, 1.807) is 4.90 Å². The van der Waals surface area contributed by atoms with Crippen LogP contribution in [0.15, 0.2) is 24.3 Å². The van der Waals surface area contributed by atoms with Gasteiger partial charge in [0.15, 0.2) is 5.11 Å². The molecule has 0 spiro atoms. The van der Waals surface area contributed by atoms with Crippen LogP contribution in [-0.2, 0) is 6.54 Å². The molecule has 0 unspecified atom stereocenters. The summed E-state index contributed by atoms with van der Waals surface area (Å²) in [5.74, 6) is 1.19. The number of piperazine rings is 1. The molecule has 0 saturated carbocycles. The Kier molecular flexibility index (Phi) is 7.80. The van der Waals surface area contributed by atoms with Crippen LogP contribution in [0, 0.1) is 0 Å². The van der Waals surface area contributed by atoms with Gasteiger partial charge in [-0.25, -0.2) is 0 Å². The Labute approximate surface area is 148 Å². The zero-order valence-corrected chi connectivity index (χ0v) is 15.5. The number of benzene rings is 1. The quantitative estimate of drug-likeness (QED) is 0.595. The maximum Gasteiger partial charge on any atom is 0.169 e. The van der Waals surface area contributed by atoms with Crippen molar-refractivity contribution in [3.8, 4) is 0 Å². The Morgan fingerprint density at radius 3 is 2.64 bits per heavy atom. The summed E-state index contributed by atoms with van der Waals surface area (Å²) in [4.78, 5) is 3.92. The van der Waals surface area contributed by atoms with Crippen LogP contribution in [0.3, 0.4) is 0 Å². The van der Waals surface area contributed by atoms with E-state index in [9.17, 15) is 0 Å².